The molecule has 0 spiro atoms. The summed E-state index contributed by atoms with van der Waals surface area (Å²) >= 11 is 0. The molecular formula is C30H28N2O5. The molecule has 0 unspecified atom stereocenters. The van der Waals surface area contributed by atoms with Crippen LogP contribution in [0.1, 0.15) is 35.2 Å². The van der Waals surface area contributed by atoms with E-state index in [9.17, 15) is 14.7 Å². The van der Waals surface area contributed by atoms with E-state index in [1.165, 1.54) is 0 Å². The van der Waals surface area contributed by atoms with Crippen molar-refractivity contribution in [2.75, 3.05) is 11.9 Å². The van der Waals surface area contributed by atoms with E-state index in [0.29, 0.717) is 36.4 Å². The van der Waals surface area contributed by atoms with E-state index in [-0.39, 0.29) is 6.61 Å². The van der Waals surface area contributed by atoms with E-state index >= 15 is 0 Å². The Labute approximate surface area is 215 Å². The summed E-state index contributed by atoms with van der Waals surface area (Å²) in [5.74, 6) is -0.307. The number of nitrogens with one attached hydrogen (secondary N) is 1. The van der Waals surface area contributed by atoms with Crippen molar-refractivity contribution in [1.82, 2.24) is 5.16 Å². The Morgan fingerprint density at radius 2 is 1.57 bits per heavy atom. The smallest absolute Gasteiger partial charge is 0.411 e. The molecule has 188 valence electrons. The Kier molecular flexibility index (Phi) is 6.53. The highest BCUT2D eigenvalue weighted by atomic mass is 16.5. The van der Waals surface area contributed by atoms with Crippen LogP contribution in [-0.4, -0.2) is 28.9 Å². The first-order valence-corrected chi connectivity index (χ1v) is 12.3. The summed E-state index contributed by atoms with van der Waals surface area (Å²) in [6.07, 6.45) is 1.44. The lowest BCUT2D eigenvalue weighted by Gasteiger charge is -2.11. The van der Waals surface area contributed by atoms with Crippen LogP contribution >= 0.6 is 0 Å². The van der Waals surface area contributed by atoms with Crippen LogP contribution in [-0.2, 0) is 21.4 Å². The topological polar surface area (TPSA) is 102 Å². The van der Waals surface area contributed by atoms with E-state index in [0.717, 1.165) is 33.4 Å². The van der Waals surface area contributed by atoms with Gasteiger partial charge in [0.25, 0.3) is 0 Å². The number of carbonyl (C=O) groups excluding carboxylic acids is 1. The first kappa shape index (κ1) is 24.3. The van der Waals surface area contributed by atoms with Gasteiger partial charge in [0.2, 0.25) is 0 Å². The molecule has 1 aliphatic carbocycles. The van der Waals surface area contributed by atoms with E-state index < -0.39 is 17.5 Å². The van der Waals surface area contributed by atoms with Crippen molar-refractivity contribution in [3.8, 4) is 22.5 Å². The number of rotatable bonds is 8. The zero-order valence-corrected chi connectivity index (χ0v) is 20.8. The summed E-state index contributed by atoms with van der Waals surface area (Å²) in [6.45, 7) is 4.05. The molecule has 0 bridgehead atoms. The highest BCUT2D eigenvalue weighted by Gasteiger charge is 2.51. The number of aromatic nitrogens is 1. The van der Waals surface area contributed by atoms with Crippen LogP contribution in [0.25, 0.3) is 22.5 Å². The van der Waals surface area contributed by atoms with Gasteiger partial charge in [-0.15, -0.1) is 0 Å². The maximum absolute atomic E-state index is 12.5. The Balaban J connectivity index is 1.25. The van der Waals surface area contributed by atoms with Gasteiger partial charge in [-0.3, -0.25) is 10.1 Å². The fourth-order valence-electron chi connectivity index (χ4n) is 4.54. The second-order valence-corrected chi connectivity index (χ2v) is 9.45. The number of hydrogen-bond donors (Lipinski definition) is 2. The Morgan fingerprint density at radius 3 is 2.19 bits per heavy atom. The van der Waals surface area contributed by atoms with Gasteiger partial charge in [-0.1, -0.05) is 78.0 Å². The van der Waals surface area contributed by atoms with Gasteiger partial charge in [0.1, 0.15) is 11.4 Å². The third-order valence-electron chi connectivity index (χ3n) is 7.03. The molecule has 5 rings (SSSR count). The number of aliphatic carboxylic acids is 1. The lowest BCUT2D eigenvalue weighted by atomic mass is 9.93. The highest BCUT2D eigenvalue weighted by molar-refractivity contribution is 5.91. The van der Waals surface area contributed by atoms with Crippen molar-refractivity contribution in [2.24, 2.45) is 0 Å². The Bertz CT molecular complexity index is 1430. The predicted octanol–water partition coefficient (Wildman–Crippen LogP) is 6.53. The molecular weight excluding hydrogens is 468 g/mol. The third-order valence-corrected chi connectivity index (χ3v) is 7.03. The maximum Gasteiger partial charge on any atom is 0.411 e. The van der Waals surface area contributed by atoms with Gasteiger partial charge in [0, 0.05) is 12.0 Å². The fraction of sp³-hybridized carbons (Fsp3) is 0.233. The fourth-order valence-corrected chi connectivity index (χ4v) is 4.54. The van der Waals surface area contributed by atoms with Crippen molar-refractivity contribution in [3.63, 3.8) is 0 Å². The van der Waals surface area contributed by atoms with Gasteiger partial charge < -0.3 is 14.4 Å². The molecule has 1 heterocycles. The average molecular weight is 497 g/mol. The summed E-state index contributed by atoms with van der Waals surface area (Å²) < 4.78 is 10.9. The predicted molar refractivity (Wildman–Crippen MR) is 141 cm³/mol. The van der Waals surface area contributed by atoms with Crippen LogP contribution in [0.15, 0.2) is 77.3 Å². The highest BCUT2D eigenvalue weighted by Crippen LogP contribution is 2.48. The van der Waals surface area contributed by atoms with Crippen LogP contribution in [0.3, 0.4) is 0 Å². The second-order valence-electron chi connectivity index (χ2n) is 9.45. The van der Waals surface area contributed by atoms with Crippen molar-refractivity contribution >= 4 is 17.7 Å². The summed E-state index contributed by atoms with van der Waals surface area (Å²) in [4.78, 5) is 24.0. The minimum atomic E-state index is -0.758. The van der Waals surface area contributed by atoms with Gasteiger partial charge in [-0.2, -0.15) is 0 Å². The van der Waals surface area contributed by atoms with Crippen molar-refractivity contribution in [2.45, 2.75) is 38.5 Å². The second kappa shape index (κ2) is 9.93. The van der Waals surface area contributed by atoms with Gasteiger partial charge in [0.15, 0.2) is 5.76 Å². The number of amides is 1. The molecule has 0 saturated heterocycles. The lowest BCUT2D eigenvalue weighted by molar-refractivity contribution is -0.140. The van der Waals surface area contributed by atoms with E-state index in [1.807, 2.05) is 79.7 Å². The summed E-state index contributed by atoms with van der Waals surface area (Å²) in [5, 5.41) is 16.3. The summed E-state index contributed by atoms with van der Waals surface area (Å²) in [5.41, 5.74) is 6.20. The monoisotopic (exact) mass is 496 g/mol. The maximum atomic E-state index is 12.5. The van der Waals surface area contributed by atoms with E-state index in [2.05, 4.69) is 10.5 Å². The SMILES string of the molecule is Cc1ccccc1CCOC(=O)Nc1c(C)noc1-c1ccc(-c2ccc(C3(C(=O)O)CC3)cc2)cc1. The molecule has 0 atom stereocenters. The molecule has 4 aromatic rings. The van der Waals surface area contributed by atoms with Gasteiger partial charge in [-0.25, -0.2) is 4.79 Å². The number of aryl methyl sites for hydroxylation is 2. The number of anilines is 1. The largest absolute Gasteiger partial charge is 0.481 e. The first-order valence-electron chi connectivity index (χ1n) is 12.3. The van der Waals surface area contributed by atoms with E-state index in [4.69, 9.17) is 9.26 Å². The van der Waals surface area contributed by atoms with Crippen LogP contribution in [0.5, 0.6) is 0 Å². The number of hydrogen-bond acceptors (Lipinski definition) is 5. The number of ether oxygens (including phenoxy) is 1. The Hall–Kier alpha value is -4.39. The molecule has 1 saturated carbocycles. The standard InChI is InChI=1S/C30H28N2O5/c1-19-5-3-4-6-21(19)15-18-36-29(35)31-26-20(2)32-37-27(26)24-9-7-22(8-10-24)23-11-13-25(14-12-23)30(16-17-30)28(33)34/h3-14H,15-18H2,1-2H3,(H,31,35)(H,33,34). The lowest BCUT2D eigenvalue weighted by Crippen LogP contribution is -2.19. The quantitative estimate of drug-likeness (QED) is 0.287. The van der Waals surface area contributed by atoms with Crippen LogP contribution in [0.2, 0.25) is 0 Å². The minimum absolute atomic E-state index is 0.261. The normalized spacial score (nSPS) is 13.7. The van der Waals surface area contributed by atoms with Crippen molar-refractivity contribution < 1.29 is 24.0 Å². The van der Waals surface area contributed by atoms with Gasteiger partial charge in [-0.05, 0) is 54.5 Å². The number of carbonyl (C=O) groups is 2. The number of benzene rings is 3. The van der Waals surface area contributed by atoms with Crippen LogP contribution in [0.4, 0.5) is 10.5 Å². The van der Waals surface area contributed by atoms with Crippen molar-refractivity contribution in [3.05, 3.63) is 95.2 Å². The van der Waals surface area contributed by atoms with Crippen LogP contribution in [0, 0.1) is 13.8 Å². The third kappa shape index (κ3) is 4.98. The van der Waals surface area contributed by atoms with Crippen LogP contribution < -0.4 is 5.32 Å². The molecule has 2 N–H and O–H groups in total. The van der Waals surface area contributed by atoms with Crippen molar-refractivity contribution in [1.29, 1.82) is 0 Å². The summed E-state index contributed by atoms with van der Waals surface area (Å²) in [7, 11) is 0. The molecule has 37 heavy (non-hydrogen) atoms. The first-order chi connectivity index (χ1) is 17.9. The zero-order valence-electron chi connectivity index (χ0n) is 20.8. The number of carboxylic acids is 1. The zero-order chi connectivity index (χ0) is 26.0. The van der Waals surface area contributed by atoms with E-state index in [1.54, 1.807) is 6.92 Å². The number of nitrogens with zero attached hydrogens (tertiary/aromatic N) is 1. The average Bonchev–Trinajstić information content (AvgIpc) is 3.65. The molecule has 1 aromatic heterocycles. The molecule has 3 aromatic carbocycles. The Morgan fingerprint density at radius 1 is 0.946 bits per heavy atom. The molecule has 1 amide bonds. The van der Waals surface area contributed by atoms with Gasteiger partial charge in [0.05, 0.1) is 12.0 Å². The van der Waals surface area contributed by atoms with Gasteiger partial charge >= 0.3 is 12.1 Å². The molecule has 1 fully saturated rings. The molecule has 0 radical (unpaired) electrons. The number of carboxylic acid groups (broad SMARTS) is 1. The molecule has 7 heteroatoms. The minimum Gasteiger partial charge on any atom is -0.481 e. The summed E-state index contributed by atoms with van der Waals surface area (Å²) in [6, 6.07) is 23.4. The molecule has 7 nitrogen and oxygen atoms in total. The molecule has 0 aliphatic heterocycles. The molecule has 1 aliphatic rings.